The van der Waals surface area contributed by atoms with Gasteiger partial charge in [0, 0.05) is 16.8 Å². The molecule has 4 rings (SSSR count). The summed E-state index contributed by atoms with van der Waals surface area (Å²) in [6.07, 6.45) is 8.57. The summed E-state index contributed by atoms with van der Waals surface area (Å²) in [5.41, 5.74) is 4.63. The van der Waals surface area contributed by atoms with Gasteiger partial charge in [0.05, 0.1) is 0 Å². The number of rotatable bonds is 15. The third-order valence-corrected chi connectivity index (χ3v) is 7.16. The number of unbranched alkanes of at least 4 members (excludes halogenated alkanes) is 6. The predicted octanol–water partition coefficient (Wildman–Crippen LogP) is 8.94. The summed E-state index contributed by atoms with van der Waals surface area (Å²) >= 11 is 0. The average Bonchev–Trinajstić information content (AvgIpc) is 3.42. The minimum Gasteiger partial charge on any atom is -0.482 e. The number of ketones is 1. The zero-order chi connectivity index (χ0) is 28.3. The van der Waals surface area contributed by atoms with Gasteiger partial charge in [-0.2, -0.15) is 0 Å². The van der Waals surface area contributed by atoms with Crippen LogP contribution in [-0.4, -0.2) is 26.7 Å². The molecule has 0 saturated carbocycles. The zero-order valence-corrected chi connectivity index (χ0v) is 24.1. The summed E-state index contributed by atoms with van der Waals surface area (Å²) in [6, 6.07) is 26.2. The van der Waals surface area contributed by atoms with E-state index in [2.05, 4.69) is 71.6 Å². The second-order valence-electron chi connectivity index (χ2n) is 10.6. The molecule has 0 radical (unpaired) electrons. The Kier molecular flexibility index (Phi) is 10.4. The molecule has 40 heavy (non-hydrogen) atoms. The summed E-state index contributed by atoms with van der Waals surface area (Å²) in [5.74, 6) is 2.16. The van der Waals surface area contributed by atoms with E-state index in [0.29, 0.717) is 17.7 Å². The van der Waals surface area contributed by atoms with Crippen LogP contribution in [0.15, 0.2) is 91.0 Å². The van der Waals surface area contributed by atoms with Crippen molar-refractivity contribution >= 4 is 5.78 Å². The van der Waals surface area contributed by atoms with Gasteiger partial charge in [0.2, 0.25) is 0 Å². The van der Waals surface area contributed by atoms with Crippen molar-refractivity contribution < 1.29 is 9.53 Å². The van der Waals surface area contributed by atoms with E-state index in [9.17, 15) is 4.79 Å². The van der Waals surface area contributed by atoms with Gasteiger partial charge in [-0.25, -0.2) is 0 Å². The normalized spacial score (nSPS) is 11.8. The number of carbonyl (C=O) groups is 1. The van der Waals surface area contributed by atoms with E-state index in [-0.39, 0.29) is 5.78 Å². The number of benzene rings is 3. The lowest BCUT2D eigenvalue weighted by molar-refractivity contribution is -0.122. The Morgan fingerprint density at radius 2 is 1.35 bits per heavy atom. The molecule has 1 unspecified atom stereocenters. The van der Waals surface area contributed by atoms with Crippen LogP contribution in [0.1, 0.15) is 70.8 Å². The average molecular weight is 536 g/mol. The number of aromatic nitrogens is 3. The zero-order valence-electron chi connectivity index (χ0n) is 24.1. The maximum absolute atomic E-state index is 12.9. The van der Waals surface area contributed by atoms with Crippen molar-refractivity contribution in [2.24, 2.45) is 0 Å². The quantitative estimate of drug-likeness (QED) is 0.113. The lowest BCUT2D eigenvalue weighted by Gasteiger charge is -2.18. The number of hydrogen-bond donors (Lipinski definition) is 0. The van der Waals surface area contributed by atoms with Crippen LogP contribution < -0.4 is 4.74 Å². The van der Waals surface area contributed by atoms with Gasteiger partial charge in [-0.05, 0) is 68.7 Å². The third kappa shape index (κ3) is 7.56. The molecule has 0 fully saturated rings. The minimum atomic E-state index is -0.514. The molecule has 0 aliphatic heterocycles. The summed E-state index contributed by atoms with van der Waals surface area (Å²) in [7, 11) is 0. The molecule has 1 aromatic heterocycles. The Bertz CT molecular complexity index is 1370. The summed E-state index contributed by atoms with van der Waals surface area (Å²) in [6.45, 7) is 9.94. The van der Waals surface area contributed by atoms with Crippen molar-refractivity contribution in [3.8, 4) is 34.2 Å². The van der Waals surface area contributed by atoms with Crippen LogP contribution in [0.2, 0.25) is 0 Å². The molecule has 4 aromatic rings. The fourth-order valence-electron chi connectivity index (χ4n) is 4.83. The number of ether oxygens (including phenoxy) is 1. The van der Waals surface area contributed by atoms with Crippen molar-refractivity contribution in [2.45, 2.75) is 78.2 Å². The highest BCUT2D eigenvalue weighted by molar-refractivity contribution is 5.97. The van der Waals surface area contributed by atoms with E-state index in [1.807, 2.05) is 42.5 Å². The lowest BCUT2D eigenvalue weighted by Crippen LogP contribution is -2.27. The molecule has 0 spiro atoms. The first-order valence-corrected chi connectivity index (χ1v) is 14.5. The molecule has 208 valence electrons. The Hall–Kier alpha value is -3.99. The second kappa shape index (κ2) is 14.4. The van der Waals surface area contributed by atoms with Gasteiger partial charge < -0.3 is 4.74 Å². The van der Waals surface area contributed by atoms with Gasteiger partial charge >= 0.3 is 0 Å². The first kappa shape index (κ1) is 29.0. The van der Waals surface area contributed by atoms with E-state index < -0.39 is 6.10 Å². The van der Waals surface area contributed by atoms with Crippen molar-refractivity contribution in [1.29, 1.82) is 0 Å². The van der Waals surface area contributed by atoms with Gasteiger partial charge in [0.25, 0.3) is 0 Å². The maximum Gasteiger partial charge on any atom is 0.198 e. The van der Waals surface area contributed by atoms with E-state index in [1.54, 1.807) is 6.92 Å². The molecule has 3 aromatic carbocycles. The van der Waals surface area contributed by atoms with Crippen molar-refractivity contribution in [1.82, 2.24) is 14.8 Å². The van der Waals surface area contributed by atoms with E-state index in [1.165, 1.54) is 37.7 Å². The van der Waals surface area contributed by atoms with E-state index >= 15 is 0 Å². The predicted molar refractivity (Wildman–Crippen MR) is 164 cm³/mol. The summed E-state index contributed by atoms with van der Waals surface area (Å²) in [4.78, 5) is 12.9. The Labute approximate surface area is 238 Å². The van der Waals surface area contributed by atoms with Crippen LogP contribution in [0.3, 0.4) is 0 Å². The van der Waals surface area contributed by atoms with Crippen LogP contribution in [0.4, 0.5) is 0 Å². The number of para-hydroxylation sites is 1. The Balaban J connectivity index is 1.53. The highest BCUT2D eigenvalue weighted by atomic mass is 16.5. The van der Waals surface area contributed by atoms with Crippen LogP contribution >= 0.6 is 0 Å². The lowest BCUT2D eigenvalue weighted by atomic mass is 10.0. The molecule has 0 bridgehead atoms. The molecule has 0 saturated heterocycles. The molecule has 1 atom stereocenters. The fraction of sp³-hybridized carbons (Fsp3) is 0.343. The number of carbonyl (C=O) groups excluding carboxylic acids is 1. The molecule has 0 aliphatic carbocycles. The first-order chi connectivity index (χ1) is 19.5. The topological polar surface area (TPSA) is 57.0 Å². The van der Waals surface area contributed by atoms with Crippen molar-refractivity contribution in [3.63, 3.8) is 0 Å². The van der Waals surface area contributed by atoms with Crippen LogP contribution in [0.25, 0.3) is 28.5 Å². The number of hydrogen-bond acceptors (Lipinski definition) is 4. The largest absolute Gasteiger partial charge is 0.482 e. The molecule has 0 amide bonds. The first-order valence-electron chi connectivity index (χ1n) is 14.5. The maximum atomic E-state index is 12.9. The molecule has 5 nitrogen and oxygen atoms in total. The Morgan fingerprint density at radius 1 is 0.800 bits per heavy atom. The number of Topliss-reactive ketones (excluding diaryl/α,β-unsaturated/α-hetero) is 1. The molecular weight excluding hydrogens is 494 g/mol. The van der Waals surface area contributed by atoms with Gasteiger partial charge in [0.15, 0.2) is 23.5 Å². The van der Waals surface area contributed by atoms with E-state index in [4.69, 9.17) is 4.74 Å². The smallest absolute Gasteiger partial charge is 0.198 e. The summed E-state index contributed by atoms with van der Waals surface area (Å²) < 4.78 is 8.30. The molecule has 0 aliphatic rings. The second-order valence-corrected chi connectivity index (χ2v) is 10.6. The monoisotopic (exact) mass is 535 g/mol. The highest BCUT2D eigenvalue weighted by Gasteiger charge is 2.21. The van der Waals surface area contributed by atoms with Gasteiger partial charge in [0.1, 0.15) is 5.75 Å². The molecule has 0 N–H and O–H groups in total. The fourth-order valence-corrected chi connectivity index (χ4v) is 4.83. The highest BCUT2D eigenvalue weighted by Crippen LogP contribution is 2.30. The molecule has 5 heteroatoms. The van der Waals surface area contributed by atoms with Gasteiger partial charge in [-0.3, -0.25) is 9.36 Å². The van der Waals surface area contributed by atoms with Crippen LogP contribution in [0.5, 0.6) is 5.75 Å². The SMILES string of the molecule is C=C(C)C(=O)C(CCCCCCCCC)Oc1ccc(-c2nnc(-c3ccc(C)cc3)n2-c2ccccc2)cc1. The van der Waals surface area contributed by atoms with Crippen molar-refractivity contribution in [2.75, 3.05) is 0 Å². The third-order valence-electron chi connectivity index (χ3n) is 7.16. The molecule has 1 heterocycles. The van der Waals surface area contributed by atoms with Crippen LogP contribution in [0, 0.1) is 6.92 Å². The number of aryl methyl sites for hydroxylation is 1. The minimum absolute atomic E-state index is 0.0263. The summed E-state index contributed by atoms with van der Waals surface area (Å²) in [5, 5.41) is 9.16. The standard InChI is InChI=1S/C35H41N3O2/c1-5-6-7-8-9-10-14-17-32(33(39)26(2)3)40-31-24-22-29(23-25-31)35-37-36-34(28-20-18-27(4)19-21-28)38(35)30-15-12-11-13-16-30/h11-13,15-16,18-25,32H,2,5-10,14,17H2,1,3-4H3. The van der Waals surface area contributed by atoms with Crippen LogP contribution in [-0.2, 0) is 4.79 Å². The van der Waals surface area contributed by atoms with Gasteiger partial charge in [-0.15, -0.1) is 10.2 Å². The molecular formula is C35H41N3O2. The van der Waals surface area contributed by atoms with Gasteiger partial charge in [-0.1, -0.05) is 100 Å². The van der Waals surface area contributed by atoms with E-state index in [0.717, 1.165) is 41.3 Å². The Morgan fingerprint density at radius 3 is 1.93 bits per heavy atom. The number of nitrogens with zero attached hydrogens (tertiary/aromatic N) is 3. The van der Waals surface area contributed by atoms with Crippen molar-refractivity contribution in [3.05, 3.63) is 96.6 Å².